The summed E-state index contributed by atoms with van der Waals surface area (Å²) < 4.78 is 10.9. The van der Waals surface area contributed by atoms with Crippen molar-refractivity contribution in [2.45, 2.75) is 32.1 Å². The lowest BCUT2D eigenvalue weighted by Gasteiger charge is -2.25. The van der Waals surface area contributed by atoms with Gasteiger partial charge in [0.05, 0.1) is 12.8 Å². The SMILES string of the molecule is O=C(CN1CCCCC1)Nc1nc(-c2ccco2)c(C(=O)C2CCOCC2)s1. The summed E-state index contributed by atoms with van der Waals surface area (Å²) in [6.45, 7) is 3.47. The van der Waals surface area contributed by atoms with E-state index in [9.17, 15) is 9.59 Å². The number of hydrogen-bond acceptors (Lipinski definition) is 7. The Bertz CT molecular complexity index is 806. The summed E-state index contributed by atoms with van der Waals surface area (Å²) >= 11 is 1.24. The van der Waals surface area contributed by atoms with E-state index in [2.05, 4.69) is 15.2 Å². The molecule has 150 valence electrons. The number of nitrogens with one attached hydrogen (secondary N) is 1. The molecule has 0 aliphatic carbocycles. The average Bonchev–Trinajstić information content (AvgIpc) is 3.38. The van der Waals surface area contributed by atoms with E-state index in [-0.39, 0.29) is 17.6 Å². The van der Waals surface area contributed by atoms with E-state index in [1.807, 2.05) is 0 Å². The number of amides is 1. The molecule has 1 amide bonds. The highest BCUT2D eigenvalue weighted by Gasteiger charge is 2.29. The first-order chi connectivity index (χ1) is 13.7. The highest BCUT2D eigenvalue weighted by Crippen LogP contribution is 2.35. The number of ether oxygens (including phenoxy) is 1. The normalized spacial score (nSPS) is 18.9. The molecule has 0 unspecified atom stereocenters. The number of anilines is 1. The van der Waals surface area contributed by atoms with Gasteiger partial charge >= 0.3 is 0 Å². The Morgan fingerprint density at radius 3 is 2.71 bits per heavy atom. The molecule has 2 aliphatic rings. The number of nitrogens with zero attached hydrogens (tertiary/aromatic N) is 2. The van der Waals surface area contributed by atoms with Gasteiger partial charge in [-0.05, 0) is 50.9 Å². The molecule has 8 heteroatoms. The van der Waals surface area contributed by atoms with Gasteiger partial charge in [-0.25, -0.2) is 4.98 Å². The van der Waals surface area contributed by atoms with Crippen LogP contribution in [0.1, 0.15) is 41.8 Å². The molecule has 2 fully saturated rings. The van der Waals surface area contributed by atoms with E-state index >= 15 is 0 Å². The molecule has 0 radical (unpaired) electrons. The molecule has 2 aliphatic heterocycles. The quantitative estimate of drug-likeness (QED) is 0.744. The second kappa shape index (κ2) is 8.98. The summed E-state index contributed by atoms with van der Waals surface area (Å²) in [7, 11) is 0. The summed E-state index contributed by atoms with van der Waals surface area (Å²) in [5.74, 6) is 0.443. The van der Waals surface area contributed by atoms with Crippen molar-refractivity contribution in [3.8, 4) is 11.5 Å². The number of thiazole rings is 1. The zero-order valence-electron chi connectivity index (χ0n) is 15.8. The number of carbonyl (C=O) groups excluding carboxylic acids is 2. The van der Waals surface area contributed by atoms with Gasteiger partial charge in [0, 0.05) is 19.1 Å². The first kappa shape index (κ1) is 19.3. The van der Waals surface area contributed by atoms with Crippen molar-refractivity contribution in [1.82, 2.24) is 9.88 Å². The molecule has 7 nitrogen and oxygen atoms in total. The summed E-state index contributed by atoms with van der Waals surface area (Å²) in [5.41, 5.74) is 0.514. The number of hydrogen-bond donors (Lipinski definition) is 1. The topological polar surface area (TPSA) is 84.7 Å². The minimum absolute atomic E-state index is 0.0590. The number of rotatable bonds is 6. The van der Waals surface area contributed by atoms with Gasteiger partial charge in [0.2, 0.25) is 5.91 Å². The monoisotopic (exact) mass is 403 g/mol. The zero-order chi connectivity index (χ0) is 19.3. The number of aromatic nitrogens is 1. The second-order valence-electron chi connectivity index (χ2n) is 7.31. The van der Waals surface area contributed by atoms with Gasteiger partial charge in [-0.15, -0.1) is 0 Å². The Morgan fingerprint density at radius 1 is 1.21 bits per heavy atom. The van der Waals surface area contributed by atoms with Gasteiger partial charge in [0.1, 0.15) is 10.6 Å². The van der Waals surface area contributed by atoms with E-state index in [1.165, 1.54) is 17.8 Å². The third-order valence-corrected chi connectivity index (χ3v) is 6.25. The van der Waals surface area contributed by atoms with Crippen molar-refractivity contribution < 1.29 is 18.7 Å². The predicted molar refractivity (Wildman–Crippen MR) is 107 cm³/mol. The van der Waals surface area contributed by atoms with E-state index in [0.29, 0.717) is 54.1 Å². The van der Waals surface area contributed by atoms with Crippen LogP contribution in [0.15, 0.2) is 22.8 Å². The number of carbonyl (C=O) groups is 2. The Labute approximate surface area is 168 Å². The highest BCUT2D eigenvalue weighted by molar-refractivity contribution is 7.18. The number of Topliss-reactive ketones (excluding diaryl/α,β-unsaturated/α-hetero) is 1. The molecule has 0 spiro atoms. The molecule has 28 heavy (non-hydrogen) atoms. The fourth-order valence-corrected chi connectivity index (χ4v) is 4.75. The number of likely N-dealkylation sites (tertiary alicyclic amines) is 1. The van der Waals surface area contributed by atoms with Crippen LogP contribution in [0.3, 0.4) is 0 Å². The fourth-order valence-electron chi connectivity index (χ4n) is 3.75. The molecule has 0 aromatic carbocycles. The summed E-state index contributed by atoms with van der Waals surface area (Å²) in [6, 6.07) is 3.56. The molecule has 2 saturated heterocycles. The number of piperidine rings is 1. The standard InChI is InChI=1S/C20H25N3O4S/c24-16(13-23-8-2-1-3-9-23)21-20-22-17(15-5-4-10-27-15)19(28-20)18(25)14-6-11-26-12-7-14/h4-5,10,14H,1-3,6-9,11-13H2,(H,21,22,24). The highest BCUT2D eigenvalue weighted by atomic mass is 32.1. The summed E-state index contributed by atoms with van der Waals surface area (Å²) in [5, 5.41) is 3.33. The van der Waals surface area contributed by atoms with Crippen LogP contribution in [0.4, 0.5) is 5.13 Å². The van der Waals surface area contributed by atoms with Crippen LogP contribution in [-0.2, 0) is 9.53 Å². The van der Waals surface area contributed by atoms with Gasteiger partial charge in [-0.3, -0.25) is 14.5 Å². The molecule has 1 N–H and O–H groups in total. The third kappa shape index (κ3) is 4.51. The lowest BCUT2D eigenvalue weighted by atomic mass is 9.94. The maximum Gasteiger partial charge on any atom is 0.240 e. The fraction of sp³-hybridized carbons (Fsp3) is 0.550. The van der Waals surface area contributed by atoms with Crippen LogP contribution in [-0.4, -0.2) is 54.4 Å². The number of ketones is 1. The van der Waals surface area contributed by atoms with E-state index in [1.54, 1.807) is 18.4 Å². The average molecular weight is 404 g/mol. The number of furan rings is 1. The van der Waals surface area contributed by atoms with Crippen LogP contribution in [0.5, 0.6) is 0 Å². The van der Waals surface area contributed by atoms with Crippen molar-refractivity contribution >= 4 is 28.2 Å². The van der Waals surface area contributed by atoms with E-state index in [4.69, 9.17) is 9.15 Å². The molecule has 2 aromatic heterocycles. The molecule has 0 saturated carbocycles. The van der Waals surface area contributed by atoms with Crippen molar-refractivity contribution in [3.05, 3.63) is 23.3 Å². The molecule has 0 atom stereocenters. The lowest BCUT2D eigenvalue weighted by molar-refractivity contribution is -0.117. The molecule has 4 heterocycles. The van der Waals surface area contributed by atoms with Crippen molar-refractivity contribution in [3.63, 3.8) is 0 Å². The van der Waals surface area contributed by atoms with E-state index in [0.717, 1.165) is 25.9 Å². The van der Waals surface area contributed by atoms with Gasteiger partial charge in [0.15, 0.2) is 16.7 Å². The van der Waals surface area contributed by atoms with E-state index < -0.39 is 0 Å². The molecular formula is C20H25N3O4S. The Morgan fingerprint density at radius 2 is 2.00 bits per heavy atom. The minimum atomic E-state index is -0.0910. The van der Waals surface area contributed by atoms with Gasteiger partial charge < -0.3 is 14.5 Å². The summed E-state index contributed by atoms with van der Waals surface area (Å²) in [4.78, 5) is 32.8. The van der Waals surface area contributed by atoms with Crippen LogP contribution in [0, 0.1) is 5.92 Å². The van der Waals surface area contributed by atoms with Gasteiger partial charge in [0.25, 0.3) is 0 Å². The zero-order valence-corrected chi connectivity index (χ0v) is 16.6. The van der Waals surface area contributed by atoms with Crippen molar-refractivity contribution in [2.24, 2.45) is 5.92 Å². The largest absolute Gasteiger partial charge is 0.463 e. The smallest absolute Gasteiger partial charge is 0.240 e. The van der Waals surface area contributed by atoms with Crippen molar-refractivity contribution in [1.29, 1.82) is 0 Å². The Balaban J connectivity index is 1.51. The summed E-state index contributed by atoms with van der Waals surface area (Å²) in [6.07, 6.45) is 6.49. The Hall–Kier alpha value is -2.03. The molecule has 4 rings (SSSR count). The predicted octanol–water partition coefficient (Wildman–Crippen LogP) is 3.44. The molecule has 0 bridgehead atoms. The van der Waals surface area contributed by atoms with Crippen LogP contribution >= 0.6 is 11.3 Å². The van der Waals surface area contributed by atoms with Crippen LogP contribution < -0.4 is 5.32 Å². The Kier molecular flexibility index (Phi) is 6.19. The minimum Gasteiger partial charge on any atom is -0.463 e. The lowest BCUT2D eigenvalue weighted by Crippen LogP contribution is -2.36. The van der Waals surface area contributed by atoms with Crippen LogP contribution in [0.2, 0.25) is 0 Å². The second-order valence-corrected chi connectivity index (χ2v) is 8.31. The molecular weight excluding hydrogens is 378 g/mol. The first-order valence-electron chi connectivity index (χ1n) is 9.89. The van der Waals surface area contributed by atoms with Crippen molar-refractivity contribution in [2.75, 3.05) is 38.2 Å². The maximum atomic E-state index is 13.1. The van der Waals surface area contributed by atoms with Gasteiger partial charge in [-0.2, -0.15) is 0 Å². The van der Waals surface area contributed by atoms with Gasteiger partial charge in [-0.1, -0.05) is 17.8 Å². The molecule has 2 aromatic rings. The third-order valence-electron chi connectivity index (χ3n) is 5.26. The first-order valence-corrected chi connectivity index (χ1v) is 10.7. The van der Waals surface area contributed by atoms with Crippen LogP contribution in [0.25, 0.3) is 11.5 Å². The maximum absolute atomic E-state index is 13.1.